The van der Waals surface area contributed by atoms with Gasteiger partial charge in [0.15, 0.2) is 9.84 Å². The van der Waals surface area contributed by atoms with Crippen molar-refractivity contribution < 1.29 is 13.2 Å². The molecule has 0 rings (SSSR count). The number of unbranched alkanes of at least 4 members (excludes halogenated alkanes) is 1. The first-order valence-corrected chi connectivity index (χ1v) is 5.83. The van der Waals surface area contributed by atoms with Gasteiger partial charge in [-0.1, -0.05) is 19.8 Å². The Labute approximate surface area is 73.1 Å². The van der Waals surface area contributed by atoms with Crippen LogP contribution in [0.1, 0.15) is 26.2 Å². The number of hydrogen-bond donors (Lipinski definition) is 1. The first-order chi connectivity index (χ1) is 5.39. The molecule has 0 aromatic heterocycles. The van der Waals surface area contributed by atoms with Gasteiger partial charge in [-0.25, -0.2) is 8.42 Å². The third-order valence-electron chi connectivity index (χ3n) is 1.65. The highest BCUT2D eigenvalue weighted by Crippen LogP contribution is 2.08. The molecule has 0 aliphatic carbocycles. The molecule has 1 amide bonds. The fraction of sp³-hybridized carbons (Fsp3) is 0.857. The van der Waals surface area contributed by atoms with Gasteiger partial charge in [0.25, 0.3) is 0 Å². The first kappa shape index (κ1) is 11.4. The van der Waals surface area contributed by atoms with E-state index < -0.39 is 21.0 Å². The van der Waals surface area contributed by atoms with Gasteiger partial charge in [-0.3, -0.25) is 4.79 Å². The van der Waals surface area contributed by atoms with Crippen LogP contribution in [0, 0.1) is 0 Å². The minimum absolute atomic E-state index is 0.338. The maximum atomic E-state index is 11.0. The van der Waals surface area contributed by atoms with Gasteiger partial charge in [0.2, 0.25) is 5.91 Å². The third-order valence-corrected chi connectivity index (χ3v) is 3.16. The lowest BCUT2D eigenvalue weighted by atomic mass is 10.2. The zero-order valence-corrected chi connectivity index (χ0v) is 8.23. The Morgan fingerprint density at radius 1 is 1.50 bits per heavy atom. The van der Waals surface area contributed by atoms with Crippen LogP contribution in [-0.2, 0) is 14.6 Å². The fourth-order valence-electron chi connectivity index (χ4n) is 0.957. The monoisotopic (exact) mass is 193 g/mol. The van der Waals surface area contributed by atoms with Crippen molar-refractivity contribution in [2.75, 3.05) is 6.26 Å². The second kappa shape index (κ2) is 4.45. The second-order valence-electron chi connectivity index (χ2n) is 2.86. The Morgan fingerprint density at radius 3 is 2.25 bits per heavy atom. The molecule has 1 atom stereocenters. The van der Waals surface area contributed by atoms with Crippen LogP contribution in [0.3, 0.4) is 0 Å². The molecule has 0 saturated carbocycles. The normalized spacial score (nSPS) is 14.2. The van der Waals surface area contributed by atoms with Crippen molar-refractivity contribution in [3.63, 3.8) is 0 Å². The summed E-state index contributed by atoms with van der Waals surface area (Å²) in [6, 6.07) is 0. The summed E-state index contributed by atoms with van der Waals surface area (Å²) in [4.78, 5) is 10.7. The first-order valence-electron chi connectivity index (χ1n) is 3.87. The molecular formula is C7H15NO3S. The van der Waals surface area contributed by atoms with E-state index in [9.17, 15) is 13.2 Å². The van der Waals surface area contributed by atoms with E-state index >= 15 is 0 Å². The average Bonchev–Trinajstić information content (AvgIpc) is 1.84. The molecule has 5 heteroatoms. The molecule has 72 valence electrons. The molecule has 0 radical (unpaired) electrons. The van der Waals surface area contributed by atoms with E-state index in [-0.39, 0.29) is 0 Å². The van der Waals surface area contributed by atoms with Crippen molar-refractivity contribution >= 4 is 15.7 Å². The van der Waals surface area contributed by atoms with Crippen LogP contribution in [0.4, 0.5) is 0 Å². The number of primary amides is 1. The van der Waals surface area contributed by atoms with Crippen molar-refractivity contribution in [2.45, 2.75) is 31.4 Å². The molecule has 0 fully saturated rings. The van der Waals surface area contributed by atoms with Crippen molar-refractivity contribution in [3.8, 4) is 0 Å². The van der Waals surface area contributed by atoms with E-state index in [1.165, 1.54) is 0 Å². The predicted octanol–water partition coefficient (Wildman–Crippen LogP) is 0.0751. The summed E-state index contributed by atoms with van der Waals surface area (Å²) >= 11 is 0. The van der Waals surface area contributed by atoms with E-state index in [4.69, 9.17) is 5.73 Å². The van der Waals surface area contributed by atoms with E-state index in [2.05, 4.69) is 0 Å². The lowest BCUT2D eigenvalue weighted by Crippen LogP contribution is -2.35. The van der Waals surface area contributed by atoms with Crippen LogP contribution in [0.25, 0.3) is 0 Å². The van der Waals surface area contributed by atoms with Crippen LogP contribution in [0.15, 0.2) is 0 Å². The Hall–Kier alpha value is -0.580. The quantitative estimate of drug-likeness (QED) is 0.671. The number of rotatable bonds is 5. The number of amides is 1. The predicted molar refractivity (Wildman–Crippen MR) is 47.4 cm³/mol. The Kier molecular flexibility index (Phi) is 4.23. The van der Waals surface area contributed by atoms with Crippen molar-refractivity contribution in [1.82, 2.24) is 0 Å². The van der Waals surface area contributed by atoms with E-state index in [1.807, 2.05) is 6.92 Å². The van der Waals surface area contributed by atoms with Crippen LogP contribution >= 0.6 is 0 Å². The molecule has 1 unspecified atom stereocenters. The average molecular weight is 193 g/mol. The van der Waals surface area contributed by atoms with Gasteiger partial charge in [-0.05, 0) is 6.42 Å². The second-order valence-corrected chi connectivity index (χ2v) is 5.09. The largest absolute Gasteiger partial charge is 0.369 e. The number of nitrogens with two attached hydrogens (primary N) is 1. The fourth-order valence-corrected chi connectivity index (χ4v) is 1.97. The minimum atomic E-state index is -3.31. The zero-order valence-electron chi connectivity index (χ0n) is 7.41. The number of sulfone groups is 1. The Bertz CT molecular complexity index is 245. The lowest BCUT2D eigenvalue weighted by Gasteiger charge is -2.09. The molecule has 0 saturated heterocycles. The molecule has 0 aromatic rings. The molecule has 2 N–H and O–H groups in total. The van der Waals surface area contributed by atoms with Gasteiger partial charge < -0.3 is 5.73 Å². The molecule has 0 bridgehead atoms. The summed E-state index contributed by atoms with van der Waals surface area (Å²) in [6.07, 6.45) is 2.95. The highest BCUT2D eigenvalue weighted by molar-refractivity contribution is 7.92. The maximum Gasteiger partial charge on any atom is 0.235 e. The summed E-state index contributed by atoms with van der Waals surface area (Å²) in [7, 11) is -3.31. The molecular weight excluding hydrogens is 178 g/mol. The number of hydrogen-bond acceptors (Lipinski definition) is 3. The summed E-state index contributed by atoms with van der Waals surface area (Å²) in [6.45, 7) is 1.93. The van der Waals surface area contributed by atoms with Gasteiger partial charge in [0, 0.05) is 6.26 Å². The summed E-state index contributed by atoms with van der Waals surface area (Å²) in [5, 5.41) is -1.00. The highest BCUT2D eigenvalue weighted by atomic mass is 32.2. The van der Waals surface area contributed by atoms with Crippen LogP contribution in [-0.4, -0.2) is 25.8 Å². The zero-order chi connectivity index (χ0) is 9.78. The Morgan fingerprint density at radius 2 is 2.00 bits per heavy atom. The SMILES string of the molecule is CCCCC(C(N)=O)S(C)(=O)=O. The van der Waals surface area contributed by atoms with E-state index in [1.54, 1.807) is 0 Å². The molecule has 0 aliphatic heterocycles. The maximum absolute atomic E-state index is 11.0. The molecule has 4 nitrogen and oxygen atoms in total. The van der Waals surface area contributed by atoms with Crippen LogP contribution < -0.4 is 5.73 Å². The van der Waals surface area contributed by atoms with Crippen molar-refractivity contribution in [1.29, 1.82) is 0 Å². The molecule has 12 heavy (non-hydrogen) atoms. The summed E-state index contributed by atoms with van der Waals surface area (Å²) in [5.41, 5.74) is 4.95. The van der Waals surface area contributed by atoms with Gasteiger partial charge in [0.1, 0.15) is 5.25 Å². The number of carbonyl (C=O) groups is 1. The smallest absolute Gasteiger partial charge is 0.235 e. The molecule has 0 heterocycles. The van der Waals surface area contributed by atoms with Crippen LogP contribution in [0.2, 0.25) is 0 Å². The molecule has 0 spiro atoms. The summed E-state index contributed by atoms with van der Waals surface area (Å²) < 4.78 is 22.0. The number of carbonyl (C=O) groups excluding carboxylic acids is 1. The van der Waals surface area contributed by atoms with Crippen LogP contribution in [0.5, 0.6) is 0 Å². The van der Waals surface area contributed by atoms with E-state index in [0.29, 0.717) is 12.8 Å². The topological polar surface area (TPSA) is 77.2 Å². The lowest BCUT2D eigenvalue weighted by molar-refractivity contribution is -0.117. The highest BCUT2D eigenvalue weighted by Gasteiger charge is 2.25. The van der Waals surface area contributed by atoms with Gasteiger partial charge in [-0.2, -0.15) is 0 Å². The molecule has 0 aromatic carbocycles. The van der Waals surface area contributed by atoms with Gasteiger partial charge in [0.05, 0.1) is 0 Å². The third kappa shape index (κ3) is 3.71. The minimum Gasteiger partial charge on any atom is -0.369 e. The van der Waals surface area contributed by atoms with Crippen molar-refractivity contribution in [2.24, 2.45) is 5.73 Å². The van der Waals surface area contributed by atoms with Crippen molar-refractivity contribution in [3.05, 3.63) is 0 Å². The summed E-state index contributed by atoms with van der Waals surface area (Å²) in [5.74, 6) is -0.744. The van der Waals surface area contributed by atoms with Gasteiger partial charge in [-0.15, -0.1) is 0 Å². The Balaban J connectivity index is 4.36. The standard InChI is InChI=1S/C7H15NO3S/c1-3-4-5-6(7(8)9)12(2,10)11/h6H,3-5H2,1-2H3,(H2,8,9). The van der Waals surface area contributed by atoms with E-state index in [0.717, 1.165) is 12.7 Å². The molecule has 0 aliphatic rings. The van der Waals surface area contributed by atoms with Gasteiger partial charge >= 0.3 is 0 Å².